The molecule has 1 amide bonds. The Labute approximate surface area is 144 Å². The van der Waals surface area contributed by atoms with Crippen LogP contribution in [-0.4, -0.2) is 31.1 Å². The third-order valence-corrected chi connectivity index (χ3v) is 3.52. The lowest BCUT2D eigenvalue weighted by molar-refractivity contribution is -0.384. The number of nitro benzene ring substituents is 1. The second kappa shape index (κ2) is 8.00. The number of methoxy groups -OCH3 is 2. The molecule has 2 N–H and O–H groups in total. The average Bonchev–Trinajstić information content (AvgIpc) is 2.62. The number of amides is 1. The van der Waals surface area contributed by atoms with Crippen molar-refractivity contribution in [3.05, 3.63) is 52.6 Å². The van der Waals surface area contributed by atoms with Crippen LogP contribution in [0.3, 0.4) is 0 Å². The Hall–Kier alpha value is -3.29. The van der Waals surface area contributed by atoms with Crippen LogP contribution in [0.15, 0.2) is 42.5 Å². The molecular formula is C17H19N3O5. The molecule has 2 aromatic carbocycles. The Kier molecular flexibility index (Phi) is 5.78. The van der Waals surface area contributed by atoms with E-state index in [9.17, 15) is 14.9 Å². The van der Waals surface area contributed by atoms with Gasteiger partial charge in [-0.3, -0.25) is 14.9 Å². The number of carbonyl (C=O) groups excluding carboxylic acids is 1. The molecule has 2 rings (SSSR count). The van der Waals surface area contributed by atoms with Crippen molar-refractivity contribution in [1.82, 2.24) is 0 Å². The van der Waals surface area contributed by atoms with Gasteiger partial charge in [0, 0.05) is 23.9 Å². The van der Waals surface area contributed by atoms with Crippen molar-refractivity contribution in [2.75, 3.05) is 24.9 Å². The van der Waals surface area contributed by atoms with E-state index in [1.54, 1.807) is 32.2 Å². The summed E-state index contributed by atoms with van der Waals surface area (Å²) >= 11 is 0. The van der Waals surface area contributed by atoms with Crippen molar-refractivity contribution < 1.29 is 19.2 Å². The van der Waals surface area contributed by atoms with E-state index in [0.29, 0.717) is 22.9 Å². The van der Waals surface area contributed by atoms with Crippen molar-refractivity contribution in [2.45, 2.75) is 13.0 Å². The van der Waals surface area contributed by atoms with Crippen LogP contribution in [0.1, 0.15) is 6.92 Å². The summed E-state index contributed by atoms with van der Waals surface area (Å²) in [6.45, 7) is 1.70. The maximum atomic E-state index is 12.3. The molecule has 25 heavy (non-hydrogen) atoms. The van der Waals surface area contributed by atoms with Crippen molar-refractivity contribution in [1.29, 1.82) is 0 Å². The normalized spacial score (nSPS) is 11.3. The summed E-state index contributed by atoms with van der Waals surface area (Å²) in [4.78, 5) is 22.4. The highest BCUT2D eigenvalue weighted by Gasteiger charge is 2.16. The molecule has 1 unspecified atom stereocenters. The van der Waals surface area contributed by atoms with Gasteiger partial charge in [-0.15, -0.1) is 0 Å². The van der Waals surface area contributed by atoms with E-state index in [4.69, 9.17) is 9.47 Å². The molecule has 0 spiro atoms. The number of hydrogen-bond donors (Lipinski definition) is 2. The molecule has 0 radical (unpaired) electrons. The molecule has 0 saturated heterocycles. The summed E-state index contributed by atoms with van der Waals surface area (Å²) in [6.07, 6.45) is 0. The number of benzene rings is 2. The maximum Gasteiger partial charge on any atom is 0.269 e. The molecule has 8 nitrogen and oxygen atoms in total. The Bertz CT molecular complexity index is 761. The fourth-order valence-corrected chi connectivity index (χ4v) is 2.13. The predicted octanol–water partition coefficient (Wildman–Crippen LogP) is 3.05. The number of ether oxygens (including phenoxy) is 2. The van der Waals surface area contributed by atoms with Crippen LogP contribution in [0.4, 0.5) is 17.1 Å². The van der Waals surface area contributed by atoms with Gasteiger partial charge in [0.05, 0.1) is 24.8 Å². The van der Waals surface area contributed by atoms with Crippen LogP contribution in [0.2, 0.25) is 0 Å². The molecule has 0 aliphatic heterocycles. The van der Waals surface area contributed by atoms with Gasteiger partial charge in [0.25, 0.3) is 5.69 Å². The number of carbonyl (C=O) groups is 1. The summed E-state index contributed by atoms with van der Waals surface area (Å²) in [5, 5.41) is 16.4. The monoisotopic (exact) mass is 345 g/mol. The predicted molar refractivity (Wildman–Crippen MR) is 94.4 cm³/mol. The van der Waals surface area contributed by atoms with Gasteiger partial charge in [-0.1, -0.05) is 0 Å². The van der Waals surface area contributed by atoms with Gasteiger partial charge in [-0.05, 0) is 31.2 Å². The molecule has 0 aliphatic carbocycles. The molecule has 0 heterocycles. The number of hydrogen-bond acceptors (Lipinski definition) is 6. The first kappa shape index (κ1) is 18.1. The first-order chi connectivity index (χ1) is 11.9. The molecule has 0 aliphatic rings. The number of nitrogens with one attached hydrogen (secondary N) is 2. The lowest BCUT2D eigenvalue weighted by atomic mass is 10.2. The fraction of sp³-hybridized carbons (Fsp3) is 0.235. The van der Waals surface area contributed by atoms with Gasteiger partial charge in [0.2, 0.25) is 5.91 Å². The number of anilines is 2. The van der Waals surface area contributed by atoms with E-state index in [-0.39, 0.29) is 11.6 Å². The molecule has 132 valence electrons. The Morgan fingerprint density at radius 3 is 2.36 bits per heavy atom. The third-order valence-electron chi connectivity index (χ3n) is 3.52. The highest BCUT2D eigenvalue weighted by atomic mass is 16.6. The third kappa shape index (κ3) is 4.60. The smallest absolute Gasteiger partial charge is 0.269 e. The van der Waals surface area contributed by atoms with Gasteiger partial charge in [0.15, 0.2) is 0 Å². The van der Waals surface area contributed by atoms with Crippen LogP contribution in [0, 0.1) is 10.1 Å². The molecule has 1 atom stereocenters. The second-order valence-electron chi connectivity index (χ2n) is 5.23. The maximum absolute atomic E-state index is 12.3. The van der Waals surface area contributed by atoms with E-state index >= 15 is 0 Å². The van der Waals surface area contributed by atoms with Gasteiger partial charge >= 0.3 is 0 Å². The quantitative estimate of drug-likeness (QED) is 0.590. The molecule has 0 saturated carbocycles. The lowest BCUT2D eigenvalue weighted by Gasteiger charge is -2.18. The number of non-ortho nitro benzene ring substituents is 1. The number of rotatable bonds is 7. The Morgan fingerprint density at radius 2 is 1.80 bits per heavy atom. The first-order valence-corrected chi connectivity index (χ1v) is 7.48. The minimum Gasteiger partial charge on any atom is -0.497 e. The van der Waals surface area contributed by atoms with Gasteiger partial charge in [-0.25, -0.2) is 0 Å². The Balaban J connectivity index is 2.04. The molecule has 0 aromatic heterocycles. The second-order valence-corrected chi connectivity index (χ2v) is 5.23. The van der Waals surface area contributed by atoms with Crippen molar-refractivity contribution in [3.63, 3.8) is 0 Å². The molecule has 2 aromatic rings. The minimum absolute atomic E-state index is 0.0351. The summed E-state index contributed by atoms with van der Waals surface area (Å²) in [7, 11) is 3.09. The van der Waals surface area contributed by atoms with Crippen LogP contribution < -0.4 is 20.1 Å². The van der Waals surface area contributed by atoms with Crippen LogP contribution in [0.25, 0.3) is 0 Å². The zero-order chi connectivity index (χ0) is 18.4. The summed E-state index contributed by atoms with van der Waals surface area (Å²) < 4.78 is 10.4. The minimum atomic E-state index is -0.558. The SMILES string of the molecule is COc1ccc(NC(C)C(=O)Nc2ccc([N+](=O)[O-])cc2)c(OC)c1. The van der Waals surface area contributed by atoms with Gasteiger partial charge < -0.3 is 20.1 Å². The molecule has 0 bridgehead atoms. The van der Waals surface area contributed by atoms with Crippen LogP contribution in [0.5, 0.6) is 11.5 Å². The summed E-state index contributed by atoms with van der Waals surface area (Å²) in [5.41, 5.74) is 1.09. The highest BCUT2D eigenvalue weighted by molar-refractivity contribution is 5.96. The van der Waals surface area contributed by atoms with E-state index in [0.717, 1.165) is 0 Å². The summed E-state index contributed by atoms with van der Waals surface area (Å²) in [5.74, 6) is 0.909. The average molecular weight is 345 g/mol. The summed E-state index contributed by atoms with van der Waals surface area (Å²) in [6, 6.07) is 10.3. The van der Waals surface area contributed by atoms with Crippen LogP contribution >= 0.6 is 0 Å². The molecule has 8 heteroatoms. The van der Waals surface area contributed by atoms with E-state index in [2.05, 4.69) is 10.6 Å². The van der Waals surface area contributed by atoms with Crippen molar-refractivity contribution in [2.24, 2.45) is 0 Å². The van der Waals surface area contributed by atoms with Crippen molar-refractivity contribution >= 4 is 23.0 Å². The molecule has 0 fully saturated rings. The van der Waals surface area contributed by atoms with Crippen LogP contribution in [-0.2, 0) is 4.79 Å². The zero-order valence-electron chi connectivity index (χ0n) is 14.1. The Morgan fingerprint density at radius 1 is 1.12 bits per heavy atom. The van der Waals surface area contributed by atoms with E-state index in [1.165, 1.54) is 31.4 Å². The standard InChI is InChI=1S/C17H19N3O5/c1-11(18-15-9-8-14(24-2)10-16(15)25-3)17(21)19-12-4-6-13(7-5-12)20(22)23/h4-11,18H,1-3H3,(H,19,21). The highest BCUT2D eigenvalue weighted by Crippen LogP contribution is 2.29. The topological polar surface area (TPSA) is 103 Å². The van der Waals surface area contributed by atoms with Crippen molar-refractivity contribution in [3.8, 4) is 11.5 Å². The van der Waals surface area contributed by atoms with E-state index < -0.39 is 11.0 Å². The largest absolute Gasteiger partial charge is 0.497 e. The van der Waals surface area contributed by atoms with Gasteiger partial charge in [0.1, 0.15) is 17.5 Å². The number of nitrogens with zero attached hydrogens (tertiary/aromatic N) is 1. The number of nitro groups is 1. The zero-order valence-corrected chi connectivity index (χ0v) is 14.1. The lowest BCUT2D eigenvalue weighted by Crippen LogP contribution is -2.32. The molecular weight excluding hydrogens is 326 g/mol. The fourth-order valence-electron chi connectivity index (χ4n) is 2.13. The first-order valence-electron chi connectivity index (χ1n) is 7.48. The van der Waals surface area contributed by atoms with E-state index in [1.807, 2.05) is 0 Å². The van der Waals surface area contributed by atoms with Gasteiger partial charge in [-0.2, -0.15) is 0 Å².